The fourth-order valence-electron chi connectivity index (χ4n) is 3.19. The van der Waals surface area contributed by atoms with Crippen molar-refractivity contribution >= 4 is 11.9 Å². The summed E-state index contributed by atoms with van der Waals surface area (Å²) in [5.41, 5.74) is 0.555. The Bertz CT molecular complexity index is 668. The van der Waals surface area contributed by atoms with Gasteiger partial charge in [0.05, 0.1) is 11.6 Å². The molecule has 1 aliphatic heterocycles. The average molecular weight is 356 g/mol. The van der Waals surface area contributed by atoms with E-state index in [2.05, 4.69) is 6.07 Å². The molecule has 0 bridgehead atoms. The third-order valence-electron chi connectivity index (χ3n) is 4.51. The van der Waals surface area contributed by atoms with E-state index in [1.54, 1.807) is 29.2 Å². The highest BCUT2D eigenvalue weighted by Crippen LogP contribution is 2.23. The second kappa shape index (κ2) is 8.84. The Balaban J connectivity index is 2.13. The fraction of sp³-hybridized carbons (Fsp3) is 0.571. The Kier molecular flexibility index (Phi) is 6.79. The van der Waals surface area contributed by atoms with Crippen LogP contribution in [0.3, 0.4) is 0 Å². The average Bonchev–Trinajstić information content (AvgIpc) is 2.55. The molecule has 0 radical (unpaired) electrons. The normalized spacial score (nSPS) is 18.4. The molecule has 0 saturated carbocycles. The summed E-state index contributed by atoms with van der Waals surface area (Å²) in [5, 5.41) is 8.88. The number of amides is 1. The van der Waals surface area contributed by atoms with Crippen molar-refractivity contribution in [3.8, 4) is 6.07 Å². The van der Waals surface area contributed by atoms with E-state index < -0.39 is 5.60 Å². The number of ether oxygens (including phenoxy) is 1. The van der Waals surface area contributed by atoms with Crippen LogP contribution in [0.2, 0.25) is 0 Å². The summed E-state index contributed by atoms with van der Waals surface area (Å²) in [5.74, 6) is -0.00591. The van der Waals surface area contributed by atoms with Crippen molar-refractivity contribution in [2.45, 2.75) is 70.9 Å². The Morgan fingerprint density at radius 1 is 1.15 bits per heavy atom. The number of ketones is 1. The quantitative estimate of drug-likeness (QED) is 0.736. The number of benzene rings is 1. The zero-order valence-electron chi connectivity index (χ0n) is 16.0. The summed E-state index contributed by atoms with van der Waals surface area (Å²) in [6.07, 6.45) is 4.91. The lowest BCUT2D eigenvalue weighted by Gasteiger charge is -2.34. The Hall–Kier alpha value is -2.35. The Morgan fingerprint density at radius 2 is 1.81 bits per heavy atom. The summed E-state index contributed by atoms with van der Waals surface area (Å²) in [4.78, 5) is 27.1. The van der Waals surface area contributed by atoms with Gasteiger partial charge in [0, 0.05) is 24.6 Å². The molecule has 5 heteroatoms. The molecule has 1 atom stereocenters. The van der Waals surface area contributed by atoms with Crippen molar-refractivity contribution in [3.05, 3.63) is 35.4 Å². The first-order chi connectivity index (χ1) is 12.3. The van der Waals surface area contributed by atoms with Gasteiger partial charge in [0.2, 0.25) is 0 Å². The predicted octanol–water partition coefficient (Wildman–Crippen LogP) is 4.70. The minimum absolute atomic E-state index is 0.00591. The van der Waals surface area contributed by atoms with Crippen LogP contribution in [0.1, 0.15) is 75.2 Å². The number of nitriles is 1. The zero-order chi connectivity index (χ0) is 19.2. The maximum Gasteiger partial charge on any atom is 0.410 e. The van der Waals surface area contributed by atoms with Crippen LogP contribution in [-0.2, 0) is 4.74 Å². The number of nitrogens with zero attached hydrogens (tertiary/aromatic N) is 2. The Labute approximate surface area is 155 Å². The van der Waals surface area contributed by atoms with Crippen LogP contribution in [0.15, 0.2) is 24.3 Å². The van der Waals surface area contributed by atoms with Gasteiger partial charge in [0.25, 0.3) is 0 Å². The highest BCUT2D eigenvalue weighted by Gasteiger charge is 2.30. The number of rotatable bonds is 3. The van der Waals surface area contributed by atoms with Crippen molar-refractivity contribution in [1.29, 1.82) is 5.26 Å². The van der Waals surface area contributed by atoms with E-state index in [9.17, 15) is 9.59 Å². The predicted molar refractivity (Wildman–Crippen MR) is 99.9 cm³/mol. The fourth-order valence-corrected chi connectivity index (χ4v) is 3.19. The SMILES string of the molecule is CC(C)(C)OC(=O)N1CCCCCCC1CC(=O)c1ccc(C#N)cc1. The molecule has 1 saturated heterocycles. The van der Waals surface area contributed by atoms with E-state index in [-0.39, 0.29) is 24.3 Å². The molecule has 1 amide bonds. The van der Waals surface area contributed by atoms with Gasteiger partial charge in [-0.15, -0.1) is 0 Å². The van der Waals surface area contributed by atoms with Gasteiger partial charge in [-0.25, -0.2) is 4.79 Å². The lowest BCUT2D eigenvalue weighted by Crippen LogP contribution is -2.45. The van der Waals surface area contributed by atoms with E-state index >= 15 is 0 Å². The smallest absolute Gasteiger partial charge is 0.410 e. The van der Waals surface area contributed by atoms with Crippen molar-refractivity contribution in [3.63, 3.8) is 0 Å². The zero-order valence-corrected chi connectivity index (χ0v) is 16.0. The minimum atomic E-state index is -0.554. The number of carbonyl (C=O) groups is 2. The van der Waals surface area contributed by atoms with Gasteiger partial charge in [-0.3, -0.25) is 4.79 Å². The molecule has 0 N–H and O–H groups in total. The van der Waals surface area contributed by atoms with Crippen LogP contribution in [0.5, 0.6) is 0 Å². The first-order valence-electron chi connectivity index (χ1n) is 9.33. The van der Waals surface area contributed by atoms with Gasteiger partial charge in [0.1, 0.15) is 5.60 Å². The molecule has 0 spiro atoms. The van der Waals surface area contributed by atoms with E-state index in [0.717, 1.165) is 32.1 Å². The maximum absolute atomic E-state index is 12.7. The molecule has 140 valence electrons. The van der Waals surface area contributed by atoms with Crippen LogP contribution in [-0.4, -0.2) is 35.0 Å². The Morgan fingerprint density at radius 3 is 2.42 bits per heavy atom. The lowest BCUT2D eigenvalue weighted by atomic mass is 9.95. The molecule has 0 aromatic heterocycles. The van der Waals surface area contributed by atoms with Crippen LogP contribution in [0.4, 0.5) is 4.79 Å². The summed E-state index contributed by atoms with van der Waals surface area (Å²) in [6.45, 7) is 6.18. The standard InChI is InChI=1S/C21H28N2O3/c1-21(2,3)26-20(25)23-13-7-5-4-6-8-18(23)14-19(24)17-11-9-16(15-22)10-12-17/h9-12,18H,4-8,13-14H2,1-3H3. The summed E-state index contributed by atoms with van der Waals surface area (Å²) in [7, 11) is 0. The minimum Gasteiger partial charge on any atom is -0.444 e. The molecule has 26 heavy (non-hydrogen) atoms. The number of likely N-dealkylation sites (tertiary alicyclic amines) is 1. The monoisotopic (exact) mass is 356 g/mol. The molecule has 0 aliphatic carbocycles. The number of hydrogen-bond acceptors (Lipinski definition) is 4. The van der Waals surface area contributed by atoms with Crippen LogP contribution >= 0.6 is 0 Å². The van der Waals surface area contributed by atoms with E-state index in [4.69, 9.17) is 10.00 Å². The summed E-state index contributed by atoms with van der Waals surface area (Å²) in [6, 6.07) is 8.57. The molecular weight excluding hydrogens is 328 g/mol. The highest BCUT2D eigenvalue weighted by atomic mass is 16.6. The molecular formula is C21H28N2O3. The van der Waals surface area contributed by atoms with E-state index in [0.29, 0.717) is 17.7 Å². The van der Waals surface area contributed by atoms with Crippen LogP contribution in [0, 0.1) is 11.3 Å². The summed E-state index contributed by atoms with van der Waals surface area (Å²) >= 11 is 0. The molecule has 1 aromatic rings. The van der Waals surface area contributed by atoms with Gasteiger partial charge in [-0.05, 0) is 45.7 Å². The molecule has 2 rings (SSSR count). The van der Waals surface area contributed by atoms with E-state index in [1.165, 1.54) is 0 Å². The maximum atomic E-state index is 12.7. The van der Waals surface area contributed by atoms with Crippen LogP contribution < -0.4 is 0 Å². The molecule has 1 heterocycles. The van der Waals surface area contributed by atoms with Gasteiger partial charge in [-0.1, -0.05) is 31.4 Å². The summed E-state index contributed by atoms with van der Waals surface area (Å²) < 4.78 is 5.56. The van der Waals surface area contributed by atoms with Gasteiger partial charge >= 0.3 is 6.09 Å². The van der Waals surface area contributed by atoms with E-state index in [1.807, 2.05) is 20.8 Å². The van der Waals surface area contributed by atoms with Crippen molar-refractivity contribution in [2.75, 3.05) is 6.54 Å². The third-order valence-corrected chi connectivity index (χ3v) is 4.51. The van der Waals surface area contributed by atoms with Gasteiger partial charge in [-0.2, -0.15) is 5.26 Å². The highest BCUT2D eigenvalue weighted by molar-refractivity contribution is 5.96. The number of Topliss-reactive ketones (excluding diaryl/α,β-unsaturated/α-hetero) is 1. The topological polar surface area (TPSA) is 70.4 Å². The van der Waals surface area contributed by atoms with Crippen LogP contribution in [0.25, 0.3) is 0 Å². The first-order valence-corrected chi connectivity index (χ1v) is 9.33. The third kappa shape index (κ3) is 5.87. The van der Waals surface area contributed by atoms with Gasteiger partial charge < -0.3 is 9.64 Å². The largest absolute Gasteiger partial charge is 0.444 e. The molecule has 1 fully saturated rings. The first kappa shape index (κ1) is 20.0. The molecule has 1 aliphatic rings. The van der Waals surface area contributed by atoms with Crippen molar-refractivity contribution < 1.29 is 14.3 Å². The van der Waals surface area contributed by atoms with Crippen molar-refractivity contribution in [2.24, 2.45) is 0 Å². The second-order valence-electron chi connectivity index (χ2n) is 7.85. The number of carbonyl (C=O) groups excluding carboxylic acids is 2. The van der Waals surface area contributed by atoms with Crippen molar-refractivity contribution in [1.82, 2.24) is 4.90 Å². The number of hydrogen-bond donors (Lipinski definition) is 0. The molecule has 1 unspecified atom stereocenters. The molecule has 1 aromatic carbocycles. The second-order valence-corrected chi connectivity index (χ2v) is 7.85. The lowest BCUT2D eigenvalue weighted by molar-refractivity contribution is 0.0129. The molecule has 5 nitrogen and oxygen atoms in total. The van der Waals surface area contributed by atoms with Gasteiger partial charge in [0.15, 0.2) is 5.78 Å².